The molecular weight excluding hydrogens is 100 g/mol. The van der Waals surface area contributed by atoms with Gasteiger partial charge >= 0.3 is 0 Å². The van der Waals surface area contributed by atoms with Crippen LogP contribution in [0.4, 0.5) is 0 Å². The Balaban J connectivity index is 3.17. The van der Waals surface area contributed by atoms with Crippen LogP contribution >= 0.6 is 0 Å². The van der Waals surface area contributed by atoms with Gasteiger partial charge in [0.2, 0.25) is 0 Å². The van der Waals surface area contributed by atoms with Crippen molar-refractivity contribution in [1.82, 2.24) is 0 Å². The quantitative estimate of drug-likeness (QED) is 0.547. The standard InChI is InChI=1S/C7H16O/c1-6(2)7(3)5-8-4/h6-7H,5H2,1-4H3/t7-/m1/s1. The summed E-state index contributed by atoms with van der Waals surface area (Å²) in [6.45, 7) is 7.51. The van der Waals surface area contributed by atoms with Crippen LogP contribution in [0.3, 0.4) is 0 Å². The van der Waals surface area contributed by atoms with E-state index in [9.17, 15) is 0 Å². The van der Waals surface area contributed by atoms with Gasteiger partial charge in [-0.05, 0) is 11.8 Å². The van der Waals surface area contributed by atoms with Gasteiger partial charge in [-0.3, -0.25) is 0 Å². The minimum Gasteiger partial charge on any atom is -0.384 e. The third-order valence-corrected chi connectivity index (χ3v) is 1.57. The van der Waals surface area contributed by atoms with Crippen molar-refractivity contribution in [3.63, 3.8) is 0 Å². The molecule has 1 nitrogen and oxygen atoms in total. The number of rotatable bonds is 3. The summed E-state index contributed by atoms with van der Waals surface area (Å²) in [4.78, 5) is 0. The van der Waals surface area contributed by atoms with Gasteiger partial charge in [0.15, 0.2) is 0 Å². The monoisotopic (exact) mass is 116 g/mol. The summed E-state index contributed by atoms with van der Waals surface area (Å²) in [6.07, 6.45) is 0. The van der Waals surface area contributed by atoms with E-state index in [0.29, 0.717) is 5.92 Å². The Morgan fingerprint density at radius 1 is 1.25 bits per heavy atom. The van der Waals surface area contributed by atoms with Crippen LogP contribution in [-0.2, 0) is 4.74 Å². The van der Waals surface area contributed by atoms with Crippen molar-refractivity contribution in [3.8, 4) is 0 Å². The van der Waals surface area contributed by atoms with Gasteiger partial charge < -0.3 is 4.74 Å². The van der Waals surface area contributed by atoms with Crippen molar-refractivity contribution in [2.45, 2.75) is 20.8 Å². The first-order valence-electron chi connectivity index (χ1n) is 3.17. The first-order valence-corrected chi connectivity index (χ1v) is 3.17. The molecule has 1 atom stereocenters. The molecule has 0 N–H and O–H groups in total. The smallest absolute Gasteiger partial charge is 0.0490 e. The normalized spacial score (nSPS) is 14.6. The highest BCUT2D eigenvalue weighted by molar-refractivity contribution is 4.53. The number of ether oxygens (including phenoxy) is 1. The first kappa shape index (κ1) is 7.96. The largest absolute Gasteiger partial charge is 0.384 e. The van der Waals surface area contributed by atoms with Crippen LogP contribution in [0.2, 0.25) is 0 Å². The first-order chi connectivity index (χ1) is 3.68. The minimum atomic E-state index is 0.694. The molecule has 0 saturated heterocycles. The molecule has 0 fully saturated rings. The van der Waals surface area contributed by atoms with Crippen LogP contribution < -0.4 is 0 Å². The van der Waals surface area contributed by atoms with Gasteiger partial charge in [-0.1, -0.05) is 20.8 Å². The van der Waals surface area contributed by atoms with E-state index in [-0.39, 0.29) is 0 Å². The molecule has 0 aromatic heterocycles. The molecule has 0 aromatic carbocycles. The fraction of sp³-hybridized carbons (Fsp3) is 1.00. The fourth-order valence-corrected chi connectivity index (χ4v) is 0.455. The lowest BCUT2D eigenvalue weighted by molar-refractivity contribution is 0.138. The van der Waals surface area contributed by atoms with E-state index in [0.717, 1.165) is 12.5 Å². The molecule has 0 bridgehead atoms. The summed E-state index contributed by atoms with van der Waals surface area (Å²) in [6, 6.07) is 0. The van der Waals surface area contributed by atoms with Gasteiger partial charge in [0, 0.05) is 13.7 Å². The maximum absolute atomic E-state index is 4.96. The second-order valence-corrected chi connectivity index (χ2v) is 2.68. The topological polar surface area (TPSA) is 9.23 Å². The molecule has 0 rings (SSSR count). The summed E-state index contributed by atoms with van der Waals surface area (Å²) in [7, 11) is 1.75. The van der Waals surface area contributed by atoms with Crippen molar-refractivity contribution in [1.29, 1.82) is 0 Å². The third-order valence-electron chi connectivity index (χ3n) is 1.57. The Bertz CT molecular complexity index is 50.3. The third kappa shape index (κ3) is 3.03. The SMILES string of the molecule is COC[C@@H](C)C(C)C. The molecule has 1 heteroatoms. The molecule has 0 aliphatic heterocycles. The number of hydrogen-bond donors (Lipinski definition) is 0. The van der Waals surface area contributed by atoms with Crippen LogP contribution in [0, 0.1) is 11.8 Å². The second kappa shape index (κ2) is 3.90. The minimum absolute atomic E-state index is 0.694. The molecule has 0 aromatic rings. The van der Waals surface area contributed by atoms with E-state index < -0.39 is 0 Å². The highest BCUT2D eigenvalue weighted by atomic mass is 16.5. The molecule has 0 amide bonds. The van der Waals surface area contributed by atoms with Crippen molar-refractivity contribution in [2.24, 2.45) is 11.8 Å². The van der Waals surface area contributed by atoms with Crippen molar-refractivity contribution >= 4 is 0 Å². The van der Waals surface area contributed by atoms with Gasteiger partial charge in [0.25, 0.3) is 0 Å². The Labute approximate surface area is 52.0 Å². The van der Waals surface area contributed by atoms with Crippen LogP contribution in [0.1, 0.15) is 20.8 Å². The second-order valence-electron chi connectivity index (χ2n) is 2.68. The summed E-state index contributed by atoms with van der Waals surface area (Å²) < 4.78 is 4.96. The van der Waals surface area contributed by atoms with Gasteiger partial charge in [-0.25, -0.2) is 0 Å². The summed E-state index contributed by atoms with van der Waals surface area (Å²) in [5.74, 6) is 1.44. The van der Waals surface area contributed by atoms with E-state index >= 15 is 0 Å². The highest BCUT2D eigenvalue weighted by Gasteiger charge is 2.04. The van der Waals surface area contributed by atoms with E-state index in [4.69, 9.17) is 4.74 Å². The number of hydrogen-bond acceptors (Lipinski definition) is 1. The predicted molar refractivity (Wildman–Crippen MR) is 35.9 cm³/mol. The zero-order chi connectivity index (χ0) is 6.57. The molecule has 0 unspecified atom stereocenters. The zero-order valence-corrected chi connectivity index (χ0v) is 6.27. The molecule has 50 valence electrons. The maximum atomic E-state index is 4.96. The lowest BCUT2D eigenvalue weighted by Crippen LogP contribution is -2.09. The van der Waals surface area contributed by atoms with Gasteiger partial charge in [-0.2, -0.15) is 0 Å². The van der Waals surface area contributed by atoms with Crippen LogP contribution in [-0.4, -0.2) is 13.7 Å². The molecule has 0 aliphatic carbocycles. The van der Waals surface area contributed by atoms with Crippen molar-refractivity contribution in [3.05, 3.63) is 0 Å². The zero-order valence-electron chi connectivity index (χ0n) is 6.27. The average Bonchev–Trinajstić information content (AvgIpc) is 1.67. The maximum Gasteiger partial charge on any atom is 0.0490 e. The Kier molecular flexibility index (Phi) is 3.88. The summed E-state index contributed by atoms with van der Waals surface area (Å²) in [5.41, 5.74) is 0. The highest BCUT2D eigenvalue weighted by Crippen LogP contribution is 2.08. The Hall–Kier alpha value is -0.0400. The molecular formula is C7H16O. The molecule has 0 radical (unpaired) electrons. The average molecular weight is 116 g/mol. The van der Waals surface area contributed by atoms with Crippen LogP contribution in [0.15, 0.2) is 0 Å². The van der Waals surface area contributed by atoms with E-state index in [2.05, 4.69) is 20.8 Å². The van der Waals surface area contributed by atoms with E-state index in [1.807, 2.05) is 0 Å². The van der Waals surface area contributed by atoms with Crippen LogP contribution in [0.25, 0.3) is 0 Å². The molecule has 0 saturated carbocycles. The fourth-order valence-electron chi connectivity index (χ4n) is 0.455. The Morgan fingerprint density at radius 3 is 1.88 bits per heavy atom. The van der Waals surface area contributed by atoms with Crippen molar-refractivity contribution < 1.29 is 4.74 Å². The Morgan fingerprint density at radius 2 is 1.75 bits per heavy atom. The van der Waals surface area contributed by atoms with Gasteiger partial charge in [-0.15, -0.1) is 0 Å². The molecule has 0 spiro atoms. The molecule has 0 heterocycles. The number of methoxy groups -OCH3 is 1. The molecule has 0 aliphatic rings. The summed E-state index contributed by atoms with van der Waals surface area (Å²) >= 11 is 0. The van der Waals surface area contributed by atoms with E-state index in [1.165, 1.54) is 0 Å². The summed E-state index contributed by atoms with van der Waals surface area (Å²) in [5, 5.41) is 0. The molecule has 8 heavy (non-hydrogen) atoms. The van der Waals surface area contributed by atoms with Gasteiger partial charge in [0.05, 0.1) is 0 Å². The lowest BCUT2D eigenvalue weighted by Gasteiger charge is -2.12. The van der Waals surface area contributed by atoms with Crippen LogP contribution in [0.5, 0.6) is 0 Å². The lowest BCUT2D eigenvalue weighted by atomic mass is 10.00. The predicted octanol–water partition coefficient (Wildman–Crippen LogP) is 1.92. The van der Waals surface area contributed by atoms with Crippen molar-refractivity contribution in [2.75, 3.05) is 13.7 Å². The van der Waals surface area contributed by atoms with E-state index in [1.54, 1.807) is 7.11 Å². The van der Waals surface area contributed by atoms with Gasteiger partial charge in [0.1, 0.15) is 0 Å².